The lowest BCUT2D eigenvalue weighted by atomic mass is 10.1. The molecule has 2 N–H and O–H groups in total. The molecule has 1 saturated heterocycles. The molecule has 1 aliphatic heterocycles. The van der Waals surface area contributed by atoms with Crippen molar-refractivity contribution in [2.24, 2.45) is 0 Å². The van der Waals surface area contributed by atoms with Crippen molar-refractivity contribution in [3.05, 3.63) is 65.7 Å². The summed E-state index contributed by atoms with van der Waals surface area (Å²) in [5.41, 5.74) is 1.48. The SMILES string of the molecule is CNC(=O)c1ccccc1NC(=O)/C=C/c1ccc(S(=O)(=O)N2CCCCCC2)cc1. The summed E-state index contributed by atoms with van der Waals surface area (Å²) in [6.07, 6.45) is 6.84. The van der Waals surface area contributed by atoms with Crippen molar-refractivity contribution >= 4 is 33.6 Å². The van der Waals surface area contributed by atoms with E-state index >= 15 is 0 Å². The van der Waals surface area contributed by atoms with Gasteiger partial charge in [-0.15, -0.1) is 0 Å². The van der Waals surface area contributed by atoms with Crippen molar-refractivity contribution in [2.75, 3.05) is 25.5 Å². The number of hydrogen-bond donors (Lipinski definition) is 2. The van der Waals surface area contributed by atoms with E-state index in [2.05, 4.69) is 10.6 Å². The lowest BCUT2D eigenvalue weighted by molar-refractivity contribution is -0.111. The van der Waals surface area contributed by atoms with Crippen molar-refractivity contribution in [1.29, 1.82) is 0 Å². The van der Waals surface area contributed by atoms with E-state index in [4.69, 9.17) is 0 Å². The van der Waals surface area contributed by atoms with Crippen LogP contribution in [0.4, 0.5) is 5.69 Å². The number of hydrogen-bond acceptors (Lipinski definition) is 4. The third kappa shape index (κ3) is 5.80. The van der Waals surface area contributed by atoms with E-state index in [1.807, 2.05) is 0 Å². The van der Waals surface area contributed by atoms with E-state index in [1.165, 1.54) is 13.1 Å². The standard InChI is InChI=1S/C23H27N3O4S/c1-24-23(28)20-8-4-5-9-21(20)25-22(27)15-12-18-10-13-19(14-11-18)31(29,30)26-16-6-2-3-7-17-26/h4-5,8-15H,2-3,6-7,16-17H2,1H3,(H,24,28)(H,25,27)/b15-12+. The van der Waals surface area contributed by atoms with Crippen molar-refractivity contribution in [3.63, 3.8) is 0 Å². The topological polar surface area (TPSA) is 95.6 Å². The lowest BCUT2D eigenvalue weighted by Gasteiger charge is -2.19. The van der Waals surface area contributed by atoms with Gasteiger partial charge in [0.15, 0.2) is 0 Å². The molecule has 3 rings (SSSR count). The number of nitrogens with one attached hydrogen (secondary N) is 2. The highest BCUT2D eigenvalue weighted by molar-refractivity contribution is 7.89. The minimum absolute atomic E-state index is 0.260. The van der Waals surface area contributed by atoms with E-state index in [0.29, 0.717) is 29.9 Å². The average Bonchev–Trinajstić information content (AvgIpc) is 3.08. The van der Waals surface area contributed by atoms with Gasteiger partial charge in [0, 0.05) is 26.2 Å². The van der Waals surface area contributed by atoms with E-state index in [1.54, 1.807) is 58.9 Å². The van der Waals surface area contributed by atoms with Gasteiger partial charge in [-0.05, 0) is 48.7 Å². The number of anilines is 1. The average molecular weight is 442 g/mol. The van der Waals surface area contributed by atoms with Gasteiger partial charge in [0.05, 0.1) is 16.1 Å². The van der Waals surface area contributed by atoms with Crippen molar-refractivity contribution < 1.29 is 18.0 Å². The molecule has 2 aromatic rings. The Kier molecular flexibility index (Phi) is 7.59. The van der Waals surface area contributed by atoms with Crippen LogP contribution in [0.2, 0.25) is 0 Å². The van der Waals surface area contributed by atoms with E-state index < -0.39 is 15.9 Å². The molecule has 0 aromatic heterocycles. The number of amides is 2. The first-order valence-corrected chi connectivity index (χ1v) is 11.8. The molecule has 0 atom stereocenters. The highest BCUT2D eigenvalue weighted by Gasteiger charge is 2.24. The van der Waals surface area contributed by atoms with Crippen LogP contribution >= 0.6 is 0 Å². The largest absolute Gasteiger partial charge is 0.355 e. The molecule has 2 amide bonds. The van der Waals surface area contributed by atoms with Gasteiger partial charge in [-0.3, -0.25) is 9.59 Å². The molecule has 8 heteroatoms. The monoisotopic (exact) mass is 441 g/mol. The number of sulfonamides is 1. The Hall–Kier alpha value is -2.97. The second kappa shape index (κ2) is 10.4. The maximum absolute atomic E-state index is 12.8. The molecule has 1 fully saturated rings. The first-order chi connectivity index (χ1) is 14.9. The molecular weight excluding hydrogens is 414 g/mol. The zero-order valence-corrected chi connectivity index (χ0v) is 18.3. The Morgan fingerprint density at radius 2 is 1.58 bits per heavy atom. The van der Waals surface area contributed by atoms with E-state index in [-0.39, 0.29) is 10.8 Å². The Morgan fingerprint density at radius 1 is 0.935 bits per heavy atom. The summed E-state index contributed by atoms with van der Waals surface area (Å²) < 4.78 is 27.2. The van der Waals surface area contributed by atoms with Crippen LogP contribution in [0.15, 0.2) is 59.5 Å². The third-order valence-electron chi connectivity index (χ3n) is 5.17. The zero-order chi connectivity index (χ0) is 22.3. The second-order valence-electron chi connectivity index (χ2n) is 7.33. The maximum atomic E-state index is 12.8. The lowest BCUT2D eigenvalue weighted by Crippen LogP contribution is -2.31. The molecule has 31 heavy (non-hydrogen) atoms. The summed E-state index contributed by atoms with van der Waals surface area (Å²) in [5.74, 6) is -0.682. The molecule has 0 radical (unpaired) electrons. The van der Waals surface area contributed by atoms with Crippen LogP contribution in [0.25, 0.3) is 6.08 Å². The summed E-state index contributed by atoms with van der Waals surface area (Å²) in [5, 5.41) is 5.23. The van der Waals surface area contributed by atoms with Gasteiger partial charge < -0.3 is 10.6 Å². The Bertz CT molecular complexity index is 1050. The number of nitrogens with zero attached hydrogens (tertiary/aromatic N) is 1. The van der Waals surface area contributed by atoms with Gasteiger partial charge in [-0.2, -0.15) is 4.31 Å². The molecule has 0 bridgehead atoms. The summed E-state index contributed by atoms with van der Waals surface area (Å²) in [7, 11) is -1.97. The van der Waals surface area contributed by atoms with Crippen LogP contribution in [0.3, 0.4) is 0 Å². The molecule has 0 saturated carbocycles. The van der Waals surface area contributed by atoms with Crippen molar-refractivity contribution in [2.45, 2.75) is 30.6 Å². The predicted octanol–water partition coefficient (Wildman–Crippen LogP) is 3.26. The number of para-hydroxylation sites is 1. The fraction of sp³-hybridized carbons (Fsp3) is 0.304. The minimum atomic E-state index is -3.50. The quantitative estimate of drug-likeness (QED) is 0.673. The highest BCUT2D eigenvalue weighted by atomic mass is 32.2. The Morgan fingerprint density at radius 3 is 2.23 bits per heavy atom. The predicted molar refractivity (Wildman–Crippen MR) is 121 cm³/mol. The van der Waals surface area contributed by atoms with Gasteiger partial charge in [-0.25, -0.2) is 8.42 Å². The van der Waals surface area contributed by atoms with E-state index in [9.17, 15) is 18.0 Å². The van der Waals surface area contributed by atoms with Crippen LogP contribution in [-0.2, 0) is 14.8 Å². The summed E-state index contributed by atoms with van der Waals surface area (Å²) in [6, 6.07) is 13.2. The third-order valence-corrected chi connectivity index (χ3v) is 7.08. The fourth-order valence-electron chi connectivity index (χ4n) is 3.45. The molecule has 0 spiro atoms. The molecule has 7 nitrogen and oxygen atoms in total. The number of carbonyl (C=O) groups excluding carboxylic acids is 2. The molecule has 0 aliphatic carbocycles. The van der Waals surface area contributed by atoms with Crippen LogP contribution < -0.4 is 10.6 Å². The molecular formula is C23H27N3O4S. The summed E-state index contributed by atoms with van der Waals surface area (Å²) in [6.45, 7) is 1.11. The number of carbonyl (C=O) groups is 2. The van der Waals surface area contributed by atoms with Crippen molar-refractivity contribution in [1.82, 2.24) is 9.62 Å². The van der Waals surface area contributed by atoms with Crippen LogP contribution in [0.1, 0.15) is 41.6 Å². The van der Waals surface area contributed by atoms with Gasteiger partial charge in [0.25, 0.3) is 5.91 Å². The van der Waals surface area contributed by atoms with Crippen LogP contribution in [-0.4, -0.2) is 44.7 Å². The zero-order valence-electron chi connectivity index (χ0n) is 17.5. The number of rotatable bonds is 6. The molecule has 164 valence electrons. The normalized spacial score (nSPS) is 15.4. The molecule has 1 heterocycles. The Balaban J connectivity index is 1.67. The molecule has 0 unspecified atom stereocenters. The van der Waals surface area contributed by atoms with Gasteiger partial charge in [0.2, 0.25) is 15.9 Å². The fourth-order valence-corrected chi connectivity index (χ4v) is 4.97. The smallest absolute Gasteiger partial charge is 0.253 e. The molecule has 1 aliphatic rings. The van der Waals surface area contributed by atoms with Gasteiger partial charge in [0.1, 0.15) is 0 Å². The van der Waals surface area contributed by atoms with Gasteiger partial charge >= 0.3 is 0 Å². The highest BCUT2D eigenvalue weighted by Crippen LogP contribution is 2.21. The first-order valence-electron chi connectivity index (χ1n) is 10.3. The Labute approximate surface area is 183 Å². The summed E-state index contributed by atoms with van der Waals surface area (Å²) >= 11 is 0. The second-order valence-corrected chi connectivity index (χ2v) is 9.27. The van der Waals surface area contributed by atoms with Crippen LogP contribution in [0, 0.1) is 0 Å². The minimum Gasteiger partial charge on any atom is -0.355 e. The summed E-state index contributed by atoms with van der Waals surface area (Å²) in [4.78, 5) is 24.5. The first kappa shape index (κ1) is 22.7. The van der Waals surface area contributed by atoms with Crippen LogP contribution in [0.5, 0.6) is 0 Å². The van der Waals surface area contributed by atoms with E-state index in [0.717, 1.165) is 25.7 Å². The number of benzene rings is 2. The molecule has 2 aromatic carbocycles. The maximum Gasteiger partial charge on any atom is 0.253 e. The van der Waals surface area contributed by atoms with Gasteiger partial charge in [-0.1, -0.05) is 37.1 Å². The van der Waals surface area contributed by atoms with Crippen molar-refractivity contribution in [3.8, 4) is 0 Å².